The first kappa shape index (κ1) is 13.5. The molecule has 5 nitrogen and oxygen atoms in total. The predicted molar refractivity (Wildman–Crippen MR) is 74.9 cm³/mol. The molecule has 19 heavy (non-hydrogen) atoms. The standard InChI is InChI=1S/C14H20N4O/c1-2-12-6-3-4-7-14(12)15-10-13-11-18(17-16-13)8-5-9-19/h3-4,6-7,11,15,19H,2,5,8-10H2,1H3. The fourth-order valence-electron chi connectivity index (χ4n) is 1.95. The van der Waals surface area contributed by atoms with Crippen molar-refractivity contribution >= 4 is 5.69 Å². The van der Waals surface area contributed by atoms with Gasteiger partial charge < -0.3 is 10.4 Å². The van der Waals surface area contributed by atoms with E-state index in [1.807, 2.05) is 12.3 Å². The van der Waals surface area contributed by atoms with E-state index in [9.17, 15) is 0 Å². The average Bonchev–Trinajstić information content (AvgIpc) is 2.91. The molecular formula is C14H20N4O. The summed E-state index contributed by atoms with van der Waals surface area (Å²) < 4.78 is 1.76. The topological polar surface area (TPSA) is 63.0 Å². The molecule has 1 aromatic heterocycles. The molecule has 0 amide bonds. The average molecular weight is 260 g/mol. The van der Waals surface area contributed by atoms with Gasteiger partial charge in [-0.1, -0.05) is 30.3 Å². The highest BCUT2D eigenvalue weighted by atomic mass is 16.3. The maximum absolute atomic E-state index is 8.77. The number of aryl methyl sites for hydroxylation is 2. The van der Waals surface area contributed by atoms with E-state index in [1.54, 1.807) is 4.68 Å². The van der Waals surface area contributed by atoms with Crippen molar-refractivity contribution in [1.29, 1.82) is 0 Å². The number of hydrogen-bond donors (Lipinski definition) is 2. The van der Waals surface area contributed by atoms with Crippen LogP contribution in [0.4, 0.5) is 5.69 Å². The molecule has 2 rings (SSSR count). The maximum atomic E-state index is 8.77. The molecule has 0 aliphatic heterocycles. The number of anilines is 1. The SMILES string of the molecule is CCc1ccccc1NCc1cn(CCCO)nn1. The summed E-state index contributed by atoms with van der Waals surface area (Å²) in [5, 5.41) is 20.3. The lowest BCUT2D eigenvalue weighted by molar-refractivity contribution is 0.276. The van der Waals surface area contributed by atoms with Gasteiger partial charge in [-0.25, -0.2) is 0 Å². The molecule has 0 aliphatic rings. The van der Waals surface area contributed by atoms with Crippen molar-refractivity contribution < 1.29 is 5.11 Å². The monoisotopic (exact) mass is 260 g/mol. The van der Waals surface area contributed by atoms with E-state index in [4.69, 9.17) is 5.11 Å². The van der Waals surface area contributed by atoms with Crippen LogP contribution in [0, 0.1) is 0 Å². The number of aromatic nitrogens is 3. The van der Waals surface area contributed by atoms with Crippen LogP contribution >= 0.6 is 0 Å². The zero-order valence-electron chi connectivity index (χ0n) is 11.2. The van der Waals surface area contributed by atoms with Gasteiger partial charge in [0.2, 0.25) is 0 Å². The molecule has 0 bridgehead atoms. The number of aliphatic hydroxyl groups excluding tert-OH is 1. The van der Waals surface area contributed by atoms with Crippen LogP contribution in [0.15, 0.2) is 30.5 Å². The lowest BCUT2D eigenvalue weighted by Crippen LogP contribution is -2.02. The molecule has 0 aliphatic carbocycles. The molecule has 0 atom stereocenters. The summed E-state index contributed by atoms with van der Waals surface area (Å²) in [7, 11) is 0. The van der Waals surface area contributed by atoms with E-state index < -0.39 is 0 Å². The van der Waals surface area contributed by atoms with Crippen molar-refractivity contribution in [2.75, 3.05) is 11.9 Å². The number of benzene rings is 1. The van der Waals surface area contributed by atoms with Crippen LogP contribution in [-0.4, -0.2) is 26.7 Å². The van der Waals surface area contributed by atoms with E-state index in [0.29, 0.717) is 19.5 Å². The summed E-state index contributed by atoms with van der Waals surface area (Å²) in [6.07, 6.45) is 3.62. The molecule has 5 heteroatoms. The molecule has 0 saturated carbocycles. The van der Waals surface area contributed by atoms with Gasteiger partial charge in [0.05, 0.1) is 12.7 Å². The van der Waals surface area contributed by atoms with E-state index in [1.165, 1.54) is 5.56 Å². The lowest BCUT2D eigenvalue weighted by atomic mass is 10.1. The second-order valence-electron chi connectivity index (χ2n) is 4.41. The fraction of sp³-hybridized carbons (Fsp3) is 0.429. The Morgan fingerprint density at radius 3 is 2.95 bits per heavy atom. The highest BCUT2D eigenvalue weighted by molar-refractivity contribution is 5.51. The number of para-hydroxylation sites is 1. The Bertz CT molecular complexity index is 510. The largest absolute Gasteiger partial charge is 0.396 e. The number of aliphatic hydroxyl groups is 1. The third-order valence-corrected chi connectivity index (χ3v) is 2.99. The zero-order chi connectivity index (χ0) is 13.5. The van der Waals surface area contributed by atoms with Gasteiger partial charge in [-0.3, -0.25) is 4.68 Å². The van der Waals surface area contributed by atoms with Gasteiger partial charge in [0, 0.05) is 18.8 Å². The number of hydrogen-bond acceptors (Lipinski definition) is 4. The van der Waals surface area contributed by atoms with Crippen molar-refractivity contribution in [2.45, 2.75) is 32.9 Å². The summed E-state index contributed by atoms with van der Waals surface area (Å²) >= 11 is 0. The molecule has 0 spiro atoms. The lowest BCUT2D eigenvalue weighted by Gasteiger charge is -2.08. The number of nitrogens with one attached hydrogen (secondary N) is 1. The predicted octanol–water partition coefficient (Wildman–Crippen LogP) is 1.83. The van der Waals surface area contributed by atoms with Crippen molar-refractivity contribution in [1.82, 2.24) is 15.0 Å². The third-order valence-electron chi connectivity index (χ3n) is 2.99. The van der Waals surface area contributed by atoms with Crippen LogP contribution in [0.25, 0.3) is 0 Å². The van der Waals surface area contributed by atoms with Gasteiger partial charge in [0.15, 0.2) is 0 Å². The Kier molecular flexibility index (Phi) is 4.92. The highest BCUT2D eigenvalue weighted by Gasteiger charge is 2.02. The molecule has 102 valence electrons. The first-order valence-electron chi connectivity index (χ1n) is 6.65. The third kappa shape index (κ3) is 3.79. The Balaban J connectivity index is 1.93. The van der Waals surface area contributed by atoms with Crippen LogP contribution in [0.2, 0.25) is 0 Å². The van der Waals surface area contributed by atoms with E-state index in [0.717, 1.165) is 17.8 Å². The minimum Gasteiger partial charge on any atom is -0.396 e. The molecule has 0 fully saturated rings. The Hall–Kier alpha value is -1.88. The first-order chi connectivity index (χ1) is 9.33. The van der Waals surface area contributed by atoms with Gasteiger partial charge in [-0.05, 0) is 24.5 Å². The quantitative estimate of drug-likeness (QED) is 0.797. The Labute approximate surface area is 113 Å². The molecule has 0 saturated heterocycles. The van der Waals surface area contributed by atoms with Gasteiger partial charge in [0.25, 0.3) is 0 Å². The summed E-state index contributed by atoms with van der Waals surface area (Å²) in [6.45, 7) is 3.69. The Morgan fingerprint density at radius 2 is 2.16 bits per heavy atom. The van der Waals surface area contributed by atoms with Crippen LogP contribution in [0.5, 0.6) is 0 Å². The number of rotatable bonds is 7. The molecule has 0 unspecified atom stereocenters. The molecule has 0 radical (unpaired) electrons. The van der Waals surface area contributed by atoms with Gasteiger partial charge >= 0.3 is 0 Å². The van der Waals surface area contributed by atoms with Crippen molar-refractivity contribution in [2.24, 2.45) is 0 Å². The van der Waals surface area contributed by atoms with Crippen LogP contribution in [0.3, 0.4) is 0 Å². The van der Waals surface area contributed by atoms with Gasteiger partial charge in [0.1, 0.15) is 5.69 Å². The van der Waals surface area contributed by atoms with Crippen LogP contribution in [0.1, 0.15) is 24.6 Å². The molecule has 2 aromatic rings. The summed E-state index contributed by atoms with van der Waals surface area (Å²) in [5.74, 6) is 0. The smallest absolute Gasteiger partial charge is 0.102 e. The highest BCUT2D eigenvalue weighted by Crippen LogP contribution is 2.16. The van der Waals surface area contributed by atoms with E-state index >= 15 is 0 Å². The molecular weight excluding hydrogens is 240 g/mol. The second-order valence-corrected chi connectivity index (χ2v) is 4.41. The molecule has 2 N–H and O–H groups in total. The first-order valence-corrected chi connectivity index (χ1v) is 6.65. The Morgan fingerprint density at radius 1 is 1.32 bits per heavy atom. The van der Waals surface area contributed by atoms with Gasteiger partial charge in [-0.2, -0.15) is 0 Å². The zero-order valence-corrected chi connectivity index (χ0v) is 11.2. The van der Waals surface area contributed by atoms with Crippen LogP contribution < -0.4 is 5.32 Å². The number of nitrogens with zero attached hydrogens (tertiary/aromatic N) is 3. The minimum atomic E-state index is 0.178. The van der Waals surface area contributed by atoms with Gasteiger partial charge in [-0.15, -0.1) is 5.10 Å². The molecule has 1 heterocycles. The minimum absolute atomic E-state index is 0.178. The van der Waals surface area contributed by atoms with Crippen molar-refractivity contribution in [3.05, 3.63) is 41.7 Å². The second kappa shape index (κ2) is 6.89. The van der Waals surface area contributed by atoms with Crippen LogP contribution in [-0.2, 0) is 19.5 Å². The molecule has 1 aromatic carbocycles. The fourth-order valence-corrected chi connectivity index (χ4v) is 1.95. The maximum Gasteiger partial charge on any atom is 0.102 e. The van der Waals surface area contributed by atoms with Crippen molar-refractivity contribution in [3.8, 4) is 0 Å². The summed E-state index contributed by atoms with van der Waals surface area (Å²) in [5.41, 5.74) is 3.36. The normalized spacial score (nSPS) is 10.6. The van der Waals surface area contributed by atoms with E-state index in [-0.39, 0.29) is 6.61 Å². The van der Waals surface area contributed by atoms with Crippen molar-refractivity contribution in [3.63, 3.8) is 0 Å². The summed E-state index contributed by atoms with van der Waals surface area (Å²) in [4.78, 5) is 0. The van der Waals surface area contributed by atoms with E-state index in [2.05, 4.69) is 40.8 Å². The summed E-state index contributed by atoms with van der Waals surface area (Å²) in [6, 6.07) is 8.28.